The van der Waals surface area contributed by atoms with Crippen molar-refractivity contribution in [2.75, 3.05) is 40.4 Å². The lowest BCUT2D eigenvalue weighted by Crippen LogP contribution is -2.45. The molecule has 0 aliphatic heterocycles. The zero-order valence-corrected chi connectivity index (χ0v) is 9.12. The third-order valence-electron chi connectivity index (χ3n) is 1.92. The van der Waals surface area contributed by atoms with Gasteiger partial charge in [0.1, 0.15) is 6.04 Å². The zero-order chi connectivity index (χ0) is 11.0. The van der Waals surface area contributed by atoms with Crippen molar-refractivity contribution in [2.45, 2.75) is 13.0 Å². The van der Waals surface area contributed by atoms with Crippen molar-refractivity contribution in [1.29, 1.82) is 0 Å². The highest BCUT2D eigenvalue weighted by Gasteiger charge is 2.17. The smallest absolute Gasteiger partial charge is 0.322 e. The summed E-state index contributed by atoms with van der Waals surface area (Å²) in [4.78, 5) is 12.7. The van der Waals surface area contributed by atoms with Crippen molar-refractivity contribution < 1.29 is 14.6 Å². The van der Waals surface area contributed by atoms with Gasteiger partial charge in [0.15, 0.2) is 0 Å². The van der Waals surface area contributed by atoms with Crippen molar-refractivity contribution in [3.63, 3.8) is 0 Å². The maximum absolute atomic E-state index is 10.8. The Labute approximate surface area is 85.0 Å². The van der Waals surface area contributed by atoms with Gasteiger partial charge in [0.2, 0.25) is 0 Å². The minimum Gasteiger partial charge on any atom is -0.480 e. The Morgan fingerprint density at radius 1 is 1.64 bits per heavy atom. The number of nitrogens with one attached hydrogen (secondary N) is 1. The van der Waals surface area contributed by atoms with Crippen molar-refractivity contribution in [2.24, 2.45) is 0 Å². The first kappa shape index (κ1) is 13.4. The molecule has 0 fully saturated rings. The Hall–Kier alpha value is -0.650. The van der Waals surface area contributed by atoms with Crippen LogP contribution in [0.4, 0.5) is 0 Å². The summed E-state index contributed by atoms with van der Waals surface area (Å²) in [6, 6.07) is -0.498. The van der Waals surface area contributed by atoms with Crippen LogP contribution in [0.15, 0.2) is 0 Å². The molecule has 1 atom stereocenters. The van der Waals surface area contributed by atoms with Gasteiger partial charge in [-0.15, -0.1) is 0 Å². The van der Waals surface area contributed by atoms with Crippen LogP contribution in [0.25, 0.3) is 0 Å². The van der Waals surface area contributed by atoms with E-state index in [0.717, 1.165) is 6.54 Å². The zero-order valence-electron chi connectivity index (χ0n) is 9.12. The summed E-state index contributed by atoms with van der Waals surface area (Å²) in [5, 5.41) is 11.8. The number of rotatable bonds is 8. The summed E-state index contributed by atoms with van der Waals surface area (Å²) in [6.07, 6.45) is 0. The predicted molar refractivity (Wildman–Crippen MR) is 54.5 cm³/mol. The fraction of sp³-hybridized carbons (Fsp3) is 0.889. The lowest BCUT2D eigenvalue weighted by atomic mass is 10.3. The van der Waals surface area contributed by atoms with Crippen molar-refractivity contribution in [3.8, 4) is 0 Å². The second-order valence-corrected chi connectivity index (χ2v) is 3.20. The van der Waals surface area contributed by atoms with Crippen LogP contribution >= 0.6 is 0 Å². The third-order valence-corrected chi connectivity index (χ3v) is 1.92. The molecule has 5 heteroatoms. The molecule has 0 radical (unpaired) electrons. The summed E-state index contributed by atoms with van der Waals surface area (Å²) in [7, 11) is 3.51. The number of hydrogen-bond donors (Lipinski definition) is 2. The van der Waals surface area contributed by atoms with Gasteiger partial charge in [-0.25, -0.2) is 0 Å². The fourth-order valence-electron chi connectivity index (χ4n) is 1.13. The quantitative estimate of drug-likeness (QED) is 0.565. The summed E-state index contributed by atoms with van der Waals surface area (Å²) in [5.74, 6) is -0.809. The number of aliphatic carboxylic acids is 1. The molecule has 0 aromatic heterocycles. The van der Waals surface area contributed by atoms with Gasteiger partial charge in [0.05, 0.1) is 6.61 Å². The highest BCUT2D eigenvalue weighted by Crippen LogP contribution is 1.90. The third kappa shape index (κ3) is 5.90. The van der Waals surface area contributed by atoms with Gasteiger partial charge >= 0.3 is 5.97 Å². The normalized spacial score (nSPS) is 13.1. The van der Waals surface area contributed by atoms with Gasteiger partial charge in [-0.1, -0.05) is 6.92 Å². The molecule has 84 valence electrons. The van der Waals surface area contributed by atoms with Gasteiger partial charge in [-0.05, 0) is 13.6 Å². The van der Waals surface area contributed by atoms with Gasteiger partial charge < -0.3 is 20.1 Å². The highest BCUT2D eigenvalue weighted by atomic mass is 16.5. The van der Waals surface area contributed by atoms with Crippen molar-refractivity contribution in [3.05, 3.63) is 0 Å². The average molecular weight is 204 g/mol. The number of likely N-dealkylation sites (N-methyl/N-ethyl adjacent to an activating group) is 2. The van der Waals surface area contributed by atoms with Gasteiger partial charge in [0.25, 0.3) is 0 Å². The van der Waals surface area contributed by atoms with Crippen molar-refractivity contribution in [1.82, 2.24) is 10.2 Å². The average Bonchev–Trinajstić information content (AvgIpc) is 2.14. The number of carbonyl (C=O) groups is 1. The number of hydrogen-bond acceptors (Lipinski definition) is 4. The van der Waals surface area contributed by atoms with E-state index in [9.17, 15) is 4.79 Å². The Bertz CT molecular complexity index is 164. The minimum atomic E-state index is -0.809. The molecule has 5 nitrogen and oxygen atoms in total. The minimum absolute atomic E-state index is 0.493. The topological polar surface area (TPSA) is 61.8 Å². The van der Waals surface area contributed by atoms with E-state index in [1.54, 1.807) is 7.11 Å². The summed E-state index contributed by atoms with van der Waals surface area (Å²) >= 11 is 0. The van der Waals surface area contributed by atoms with E-state index >= 15 is 0 Å². The van der Waals surface area contributed by atoms with E-state index in [4.69, 9.17) is 9.84 Å². The Morgan fingerprint density at radius 3 is 2.71 bits per heavy atom. The lowest BCUT2D eigenvalue weighted by molar-refractivity contribution is -0.139. The standard InChI is InChI=1S/C9H20N2O3/c1-4-10-8(9(12)13)7-11(2)5-6-14-3/h8,10H,4-7H2,1-3H3,(H,12,13). The largest absolute Gasteiger partial charge is 0.480 e. The van der Waals surface area contributed by atoms with E-state index in [0.29, 0.717) is 19.7 Å². The molecular weight excluding hydrogens is 184 g/mol. The molecule has 0 heterocycles. The molecule has 0 bridgehead atoms. The van der Waals surface area contributed by atoms with Crippen LogP contribution in [-0.4, -0.2) is 62.4 Å². The summed E-state index contributed by atoms with van der Waals surface area (Å²) < 4.78 is 4.90. The highest BCUT2D eigenvalue weighted by molar-refractivity contribution is 5.73. The van der Waals surface area contributed by atoms with E-state index in [-0.39, 0.29) is 0 Å². The fourth-order valence-corrected chi connectivity index (χ4v) is 1.13. The summed E-state index contributed by atoms with van der Waals surface area (Å²) in [6.45, 7) is 4.41. The lowest BCUT2D eigenvalue weighted by Gasteiger charge is -2.21. The monoisotopic (exact) mass is 204 g/mol. The molecule has 0 aromatic rings. The van der Waals surface area contributed by atoms with Crippen LogP contribution in [0, 0.1) is 0 Å². The Kier molecular flexibility index (Phi) is 7.37. The molecule has 0 aromatic carbocycles. The molecular formula is C9H20N2O3. The molecule has 1 unspecified atom stereocenters. The van der Waals surface area contributed by atoms with Gasteiger partial charge in [-0.3, -0.25) is 4.79 Å². The predicted octanol–water partition coefficient (Wildman–Crippen LogP) is -0.373. The van der Waals surface area contributed by atoms with E-state index in [2.05, 4.69) is 5.32 Å². The molecule has 0 aliphatic carbocycles. The van der Waals surface area contributed by atoms with Crippen LogP contribution in [-0.2, 0) is 9.53 Å². The van der Waals surface area contributed by atoms with Crippen LogP contribution in [0.1, 0.15) is 6.92 Å². The van der Waals surface area contributed by atoms with Crippen LogP contribution in [0.5, 0.6) is 0 Å². The first-order chi connectivity index (χ1) is 6.61. The van der Waals surface area contributed by atoms with Crippen molar-refractivity contribution >= 4 is 5.97 Å². The first-order valence-corrected chi connectivity index (χ1v) is 4.75. The Balaban J connectivity index is 3.83. The molecule has 14 heavy (non-hydrogen) atoms. The van der Waals surface area contributed by atoms with Crippen LogP contribution in [0.3, 0.4) is 0 Å². The number of methoxy groups -OCH3 is 1. The Morgan fingerprint density at radius 2 is 2.29 bits per heavy atom. The SMILES string of the molecule is CCNC(CN(C)CCOC)C(=O)O. The molecule has 0 amide bonds. The molecule has 2 N–H and O–H groups in total. The number of carboxylic acid groups (broad SMARTS) is 1. The number of carboxylic acids is 1. The molecule has 0 spiro atoms. The van der Waals surface area contributed by atoms with Gasteiger partial charge in [0, 0.05) is 20.2 Å². The number of nitrogens with zero attached hydrogens (tertiary/aromatic N) is 1. The molecule has 0 saturated carbocycles. The second-order valence-electron chi connectivity index (χ2n) is 3.20. The van der Waals surface area contributed by atoms with E-state index in [1.165, 1.54) is 0 Å². The van der Waals surface area contributed by atoms with Crippen LogP contribution < -0.4 is 5.32 Å². The van der Waals surface area contributed by atoms with E-state index in [1.807, 2.05) is 18.9 Å². The molecule has 0 saturated heterocycles. The summed E-state index contributed by atoms with van der Waals surface area (Å²) in [5.41, 5.74) is 0. The van der Waals surface area contributed by atoms with Crippen LogP contribution in [0.2, 0.25) is 0 Å². The van der Waals surface area contributed by atoms with Gasteiger partial charge in [-0.2, -0.15) is 0 Å². The number of ether oxygens (including phenoxy) is 1. The van der Waals surface area contributed by atoms with E-state index < -0.39 is 12.0 Å². The maximum atomic E-state index is 10.8. The first-order valence-electron chi connectivity index (χ1n) is 4.75. The maximum Gasteiger partial charge on any atom is 0.322 e. The molecule has 0 rings (SSSR count). The molecule has 0 aliphatic rings. The second kappa shape index (κ2) is 7.73.